The summed E-state index contributed by atoms with van der Waals surface area (Å²) in [7, 11) is 0. The van der Waals surface area contributed by atoms with Crippen LogP contribution in [0.2, 0.25) is 0 Å². The van der Waals surface area contributed by atoms with Gasteiger partial charge in [0.25, 0.3) is 0 Å². The van der Waals surface area contributed by atoms with Crippen LogP contribution in [0.3, 0.4) is 0 Å². The minimum Gasteiger partial charge on any atom is -0.378 e. The maximum atomic E-state index is 5.69. The molecule has 2 fully saturated rings. The van der Waals surface area contributed by atoms with Gasteiger partial charge in [0.15, 0.2) is 0 Å². The maximum absolute atomic E-state index is 5.69. The molecule has 0 spiro atoms. The molecule has 0 saturated carbocycles. The summed E-state index contributed by atoms with van der Waals surface area (Å²) in [6.45, 7) is 10.4. The van der Waals surface area contributed by atoms with E-state index in [0.717, 1.165) is 19.7 Å². The molecule has 0 aromatic rings. The monoisotopic (exact) mass is 240 g/mol. The second kappa shape index (κ2) is 6.17. The molecule has 2 aliphatic rings. The standard InChI is InChI=1S/C14H28N2O/c1-3-14(2)12-15-8-10-16(14)9-4-6-13-7-5-11-17-13/h13,15H,3-12H2,1-2H3. The van der Waals surface area contributed by atoms with Crippen molar-refractivity contribution < 1.29 is 4.74 Å². The molecule has 2 atom stereocenters. The van der Waals surface area contributed by atoms with Gasteiger partial charge in [-0.3, -0.25) is 4.90 Å². The summed E-state index contributed by atoms with van der Waals surface area (Å²) in [6.07, 6.45) is 6.90. The summed E-state index contributed by atoms with van der Waals surface area (Å²) < 4.78 is 5.69. The van der Waals surface area contributed by atoms with Gasteiger partial charge in [0.2, 0.25) is 0 Å². The molecule has 0 radical (unpaired) electrons. The van der Waals surface area contributed by atoms with Gasteiger partial charge in [-0.15, -0.1) is 0 Å². The van der Waals surface area contributed by atoms with Crippen LogP contribution in [0.15, 0.2) is 0 Å². The fourth-order valence-electron chi connectivity index (χ4n) is 3.07. The van der Waals surface area contributed by atoms with E-state index in [4.69, 9.17) is 4.74 Å². The molecule has 2 unspecified atom stereocenters. The first-order valence-corrected chi connectivity index (χ1v) is 7.32. The predicted octanol–water partition coefficient (Wildman–Crippen LogP) is 2.02. The lowest BCUT2D eigenvalue weighted by Gasteiger charge is -2.45. The van der Waals surface area contributed by atoms with E-state index in [-0.39, 0.29) is 0 Å². The number of ether oxygens (including phenoxy) is 1. The highest BCUT2D eigenvalue weighted by molar-refractivity contribution is 4.91. The van der Waals surface area contributed by atoms with Gasteiger partial charge in [0.05, 0.1) is 6.10 Å². The zero-order valence-corrected chi connectivity index (χ0v) is 11.5. The first kappa shape index (κ1) is 13.3. The van der Waals surface area contributed by atoms with Crippen LogP contribution in [0, 0.1) is 0 Å². The number of hydrogen-bond donors (Lipinski definition) is 1. The van der Waals surface area contributed by atoms with Crippen LogP contribution in [-0.4, -0.2) is 49.3 Å². The molecule has 3 heteroatoms. The number of nitrogens with one attached hydrogen (secondary N) is 1. The molecule has 1 N–H and O–H groups in total. The zero-order chi connectivity index (χ0) is 12.1. The summed E-state index contributed by atoms with van der Waals surface area (Å²) >= 11 is 0. The average Bonchev–Trinajstić information content (AvgIpc) is 2.85. The Balaban J connectivity index is 1.72. The molecule has 0 aliphatic carbocycles. The van der Waals surface area contributed by atoms with Crippen LogP contribution in [0.25, 0.3) is 0 Å². The lowest BCUT2D eigenvalue weighted by atomic mass is 9.93. The van der Waals surface area contributed by atoms with E-state index in [9.17, 15) is 0 Å². The van der Waals surface area contributed by atoms with Crippen molar-refractivity contribution in [3.8, 4) is 0 Å². The fourth-order valence-corrected chi connectivity index (χ4v) is 3.07. The lowest BCUT2D eigenvalue weighted by Crippen LogP contribution is -2.59. The molecule has 0 bridgehead atoms. The Bertz CT molecular complexity index is 228. The Labute approximate surface area is 106 Å². The second-order valence-corrected chi connectivity index (χ2v) is 5.79. The number of piperazine rings is 1. The van der Waals surface area contributed by atoms with Crippen molar-refractivity contribution in [2.45, 2.75) is 57.6 Å². The Morgan fingerprint density at radius 1 is 1.47 bits per heavy atom. The Morgan fingerprint density at radius 2 is 2.35 bits per heavy atom. The maximum Gasteiger partial charge on any atom is 0.0576 e. The van der Waals surface area contributed by atoms with Gasteiger partial charge in [0.1, 0.15) is 0 Å². The summed E-state index contributed by atoms with van der Waals surface area (Å²) in [5.74, 6) is 0. The van der Waals surface area contributed by atoms with Crippen LogP contribution in [0.1, 0.15) is 46.0 Å². The van der Waals surface area contributed by atoms with Crippen LogP contribution < -0.4 is 5.32 Å². The van der Waals surface area contributed by atoms with Gasteiger partial charge < -0.3 is 10.1 Å². The number of rotatable bonds is 5. The molecule has 2 heterocycles. The quantitative estimate of drug-likeness (QED) is 0.795. The van der Waals surface area contributed by atoms with Gasteiger partial charge in [-0.2, -0.15) is 0 Å². The van der Waals surface area contributed by atoms with Crippen LogP contribution in [-0.2, 0) is 4.74 Å². The number of nitrogens with zero attached hydrogens (tertiary/aromatic N) is 1. The predicted molar refractivity (Wildman–Crippen MR) is 71.3 cm³/mol. The minimum atomic E-state index is 0.370. The van der Waals surface area contributed by atoms with Crippen LogP contribution >= 0.6 is 0 Å². The third kappa shape index (κ3) is 3.43. The molecule has 3 nitrogen and oxygen atoms in total. The van der Waals surface area contributed by atoms with Gasteiger partial charge in [-0.05, 0) is 45.6 Å². The lowest BCUT2D eigenvalue weighted by molar-refractivity contribution is 0.0582. The Kier molecular flexibility index (Phi) is 4.83. The van der Waals surface area contributed by atoms with Crippen molar-refractivity contribution in [1.29, 1.82) is 0 Å². The van der Waals surface area contributed by atoms with Crippen LogP contribution in [0.4, 0.5) is 0 Å². The van der Waals surface area contributed by atoms with Crippen molar-refractivity contribution in [3.05, 3.63) is 0 Å². The Hall–Kier alpha value is -0.120. The second-order valence-electron chi connectivity index (χ2n) is 5.79. The summed E-state index contributed by atoms with van der Waals surface area (Å²) in [5, 5.41) is 3.52. The van der Waals surface area contributed by atoms with E-state index < -0.39 is 0 Å². The molecule has 2 rings (SSSR count). The van der Waals surface area contributed by atoms with E-state index >= 15 is 0 Å². The molecule has 2 aliphatic heterocycles. The first-order chi connectivity index (χ1) is 8.24. The van der Waals surface area contributed by atoms with Crippen LogP contribution in [0.5, 0.6) is 0 Å². The topological polar surface area (TPSA) is 24.5 Å². The SMILES string of the molecule is CCC1(C)CNCCN1CCCC1CCCO1. The molecular weight excluding hydrogens is 212 g/mol. The summed E-state index contributed by atoms with van der Waals surface area (Å²) in [5.41, 5.74) is 0.370. The first-order valence-electron chi connectivity index (χ1n) is 7.32. The molecule has 17 heavy (non-hydrogen) atoms. The third-order valence-corrected chi connectivity index (χ3v) is 4.57. The molecule has 0 amide bonds. The largest absolute Gasteiger partial charge is 0.378 e. The van der Waals surface area contributed by atoms with E-state index in [1.165, 1.54) is 45.2 Å². The minimum absolute atomic E-state index is 0.370. The summed E-state index contributed by atoms with van der Waals surface area (Å²) in [4.78, 5) is 2.68. The molecule has 0 aromatic carbocycles. The van der Waals surface area contributed by atoms with Crippen molar-refractivity contribution in [1.82, 2.24) is 10.2 Å². The highest BCUT2D eigenvalue weighted by atomic mass is 16.5. The number of hydrogen-bond acceptors (Lipinski definition) is 3. The normalized spacial score (nSPS) is 35.3. The van der Waals surface area contributed by atoms with E-state index in [2.05, 4.69) is 24.1 Å². The Morgan fingerprint density at radius 3 is 3.06 bits per heavy atom. The van der Waals surface area contributed by atoms with E-state index in [1.54, 1.807) is 0 Å². The van der Waals surface area contributed by atoms with Crippen molar-refractivity contribution >= 4 is 0 Å². The molecular formula is C14H28N2O. The fraction of sp³-hybridized carbons (Fsp3) is 1.00. The van der Waals surface area contributed by atoms with Crippen molar-refractivity contribution in [2.75, 3.05) is 32.8 Å². The third-order valence-electron chi connectivity index (χ3n) is 4.57. The zero-order valence-electron chi connectivity index (χ0n) is 11.5. The van der Waals surface area contributed by atoms with Gasteiger partial charge >= 0.3 is 0 Å². The van der Waals surface area contributed by atoms with Gasteiger partial charge in [-0.25, -0.2) is 0 Å². The molecule has 0 aromatic heterocycles. The molecule has 2 saturated heterocycles. The highest BCUT2D eigenvalue weighted by Gasteiger charge is 2.32. The highest BCUT2D eigenvalue weighted by Crippen LogP contribution is 2.23. The summed E-state index contributed by atoms with van der Waals surface area (Å²) in [6, 6.07) is 0. The van der Waals surface area contributed by atoms with Gasteiger partial charge in [0, 0.05) is 31.8 Å². The smallest absolute Gasteiger partial charge is 0.0576 e. The molecule has 100 valence electrons. The average molecular weight is 240 g/mol. The van der Waals surface area contributed by atoms with Gasteiger partial charge in [-0.1, -0.05) is 6.92 Å². The van der Waals surface area contributed by atoms with E-state index in [0.29, 0.717) is 11.6 Å². The van der Waals surface area contributed by atoms with E-state index in [1.807, 2.05) is 0 Å². The van der Waals surface area contributed by atoms with Crippen molar-refractivity contribution in [2.24, 2.45) is 0 Å². The van der Waals surface area contributed by atoms with Crippen molar-refractivity contribution in [3.63, 3.8) is 0 Å².